The number of aromatic nitrogens is 2. The van der Waals surface area contributed by atoms with Gasteiger partial charge in [0, 0.05) is 43.6 Å². The van der Waals surface area contributed by atoms with E-state index in [0.717, 1.165) is 29.1 Å². The molecule has 0 aliphatic carbocycles. The van der Waals surface area contributed by atoms with Gasteiger partial charge in [-0.25, -0.2) is 18.6 Å². The molecule has 0 spiro atoms. The number of ether oxygens (including phenoxy) is 1. The van der Waals surface area contributed by atoms with E-state index in [1.807, 2.05) is 86.1 Å². The van der Waals surface area contributed by atoms with Gasteiger partial charge in [0.05, 0.1) is 11.7 Å². The van der Waals surface area contributed by atoms with Crippen LogP contribution in [-0.2, 0) is 17.8 Å². The maximum absolute atomic E-state index is 15.0. The molecule has 0 saturated carbocycles. The number of nitrogens with one attached hydrogen (secondary N) is 1. The van der Waals surface area contributed by atoms with E-state index in [2.05, 4.69) is 31.0 Å². The number of carbonyl (C=O) groups is 1. The van der Waals surface area contributed by atoms with Crippen LogP contribution in [0.2, 0.25) is 0 Å². The Morgan fingerprint density at radius 1 is 0.978 bits per heavy atom. The number of carbonyl (C=O) groups excluding carboxylic acids is 1. The first-order chi connectivity index (χ1) is 21.2. The largest absolute Gasteiger partial charge is 0.444 e. The number of hydrogen-bond donors (Lipinski definition) is 2. The number of alkyl carbamates (subject to hydrolysis) is 1. The molecule has 0 radical (unpaired) electrons. The summed E-state index contributed by atoms with van der Waals surface area (Å²) in [6, 6.07) is 20.9. The fourth-order valence-corrected chi connectivity index (χ4v) is 5.42. The number of imidazole rings is 1. The van der Waals surface area contributed by atoms with E-state index in [-0.39, 0.29) is 17.0 Å². The van der Waals surface area contributed by atoms with Crippen LogP contribution in [0.3, 0.4) is 0 Å². The molecule has 1 atom stereocenters. The van der Waals surface area contributed by atoms with Crippen molar-refractivity contribution in [1.82, 2.24) is 19.8 Å². The van der Waals surface area contributed by atoms with Crippen LogP contribution >= 0.6 is 0 Å². The third-order valence-corrected chi connectivity index (χ3v) is 7.29. The molecule has 0 aliphatic rings. The highest BCUT2D eigenvalue weighted by atomic mass is 19.1. The molecule has 0 aliphatic heterocycles. The van der Waals surface area contributed by atoms with Crippen molar-refractivity contribution in [3.05, 3.63) is 108 Å². The molecular formula is C36H45F2N5O2. The van der Waals surface area contributed by atoms with E-state index in [0.29, 0.717) is 44.0 Å². The highest BCUT2D eigenvalue weighted by Gasteiger charge is 2.36. The van der Waals surface area contributed by atoms with Crippen molar-refractivity contribution >= 4 is 11.8 Å². The quantitative estimate of drug-likeness (QED) is 0.132. The third-order valence-electron chi connectivity index (χ3n) is 7.29. The second-order valence-electron chi connectivity index (χ2n) is 13.5. The molecule has 7 nitrogen and oxygen atoms in total. The summed E-state index contributed by atoms with van der Waals surface area (Å²) in [6.45, 7) is 14.1. The fraction of sp³-hybridized carbons (Fsp3) is 0.389. The van der Waals surface area contributed by atoms with E-state index < -0.39 is 23.3 Å². The van der Waals surface area contributed by atoms with E-state index in [1.54, 1.807) is 0 Å². The molecule has 9 heteroatoms. The lowest BCUT2D eigenvalue weighted by molar-refractivity contribution is 0.0514. The standard InChI is InChI=1S/C36H45F2N5O2/c1-35(2,3)32(42(22-26-13-16-28(39)17-14-26)20-10-19-40-34(44)45-36(4,5)6)33-41-31(29-21-27(37)15-18-30(29)38)24-43(33)23-25-11-8-7-9-12-25/h7-9,11-18,21,24,32H,10,19-20,22-23,39H2,1-6H3,(H,40,44). The molecule has 0 fully saturated rings. The number of nitrogens with zero attached hydrogens (tertiary/aromatic N) is 3. The number of benzene rings is 3. The number of hydrogen-bond acceptors (Lipinski definition) is 5. The molecule has 3 aromatic carbocycles. The molecule has 45 heavy (non-hydrogen) atoms. The Bertz CT molecular complexity index is 1560. The Morgan fingerprint density at radius 2 is 1.67 bits per heavy atom. The molecule has 0 saturated heterocycles. The van der Waals surface area contributed by atoms with Gasteiger partial charge in [0.2, 0.25) is 0 Å². The predicted molar refractivity (Wildman–Crippen MR) is 175 cm³/mol. The van der Waals surface area contributed by atoms with Crippen LogP contribution in [0.4, 0.5) is 19.3 Å². The maximum atomic E-state index is 15.0. The SMILES string of the molecule is CC(C)(C)OC(=O)NCCCN(Cc1ccc(N)cc1)C(c1nc(-c2cc(F)ccc2F)cn1Cc1ccccc1)C(C)(C)C. The number of nitrogens with two attached hydrogens (primary N) is 1. The monoisotopic (exact) mass is 617 g/mol. The molecule has 3 N–H and O–H groups in total. The Labute approximate surface area is 265 Å². The van der Waals surface area contributed by atoms with Gasteiger partial charge in [-0.15, -0.1) is 0 Å². The Hall–Kier alpha value is -4.24. The Kier molecular flexibility index (Phi) is 10.7. The zero-order valence-corrected chi connectivity index (χ0v) is 27.1. The molecule has 1 aromatic heterocycles. The van der Waals surface area contributed by atoms with Gasteiger partial charge in [0.1, 0.15) is 23.1 Å². The van der Waals surface area contributed by atoms with Crippen molar-refractivity contribution in [3.8, 4) is 11.3 Å². The lowest BCUT2D eigenvalue weighted by Crippen LogP contribution is -2.40. The van der Waals surface area contributed by atoms with Crippen LogP contribution in [-0.4, -0.2) is 39.2 Å². The van der Waals surface area contributed by atoms with Crippen LogP contribution in [0.1, 0.15) is 71.0 Å². The van der Waals surface area contributed by atoms with E-state index >= 15 is 4.39 Å². The number of anilines is 1. The summed E-state index contributed by atoms with van der Waals surface area (Å²) >= 11 is 0. The average molecular weight is 618 g/mol. The van der Waals surface area contributed by atoms with E-state index in [9.17, 15) is 9.18 Å². The van der Waals surface area contributed by atoms with E-state index in [1.165, 1.54) is 6.07 Å². The number of nitrogen functional groups attached to an aromatic ring is 1. The Morgan fingerprint density at radius 3 is 2.31 bits per heavy atom. The molecule has 1 amide bonds. The van der Waals surface area contributed by atoms with Crippen LogP contribution in [0, 0.1) is 17.0 Å². The zero-order chi connectivity index (χ0) is 32.8. The lowest BCUT2D eigenvalue weighted by Gasteiger charge is -2.40. The maximum Gasteiger partial charge on any atom is 0.407 e. The number of halogens is 2. The van der Waals surface area contributed by atoms with Crippen LogP contribution in [0.25, 0.3) is 11.3 Å². The van der Waals surface area contributed by atoms with Crippen molar-refractivity contribution in [2.45, 2.75) is 72.7 Å². The van der Waals surface area contributed by atoms with Crippen molar-refractivity contribution in [2.24, 2.45) is 5.41 Å². The van der Waals surface area contributed by atoms with Crippen LogP contribution in [0.5, 0.6) is 0 Å². The summed E-state index contributed by atoms with van der Waals surface area (Å²) in [5.74, 6) is -0.326. The van der Waals surface area contributed by atoms with Gasteiger partial charge in [-0.2, -0.15) is 0 Å². The van der Waals surface area contributed by atoms with Crippen molar-refractivity contribution in [3.63, 3.8) is 0 Å². The highest BCUT2D eigenvalue weighted by Crippen LogP contribution is 2.40. The topological polar surface area (TPSA) is 85.4 Å². The van der Waals surface area contributed by atoms with Gasteiger partial charge in [0.25, 0.3) is 0 Å². The van der Waals surface area contributed by atoms with Gasteiger partial charge < -0.3 is 20.4 Å². The highest BCUT2D eigenvalue weighted by molar-refractivity contribution is 5.67. The fourth-order valence-electron chi connectivity index (χ4n) is 5.42. The Balaban J connectivity index is 1.75. The first-order valence-electron chi connectivity index (χ1n) is 15.3. The molecule has 1 unspecified atom stereocenters. The number of rotatable bonds is 11. The molecule has 4 aromatic rings. The smallest absolute Gasteiger partial charge is 0.407 e. The van der Waals surface area contributed by atoms with Crippen LogP contribution in [0.15, 0.2) is 79.0 Å². The predicted octanol–water partition coefficient (Wildman–Crippen LogP) is 7.96. The van der Waals surface area contributed by atoms with Gasteiger partial charge in [-0.05, 0) is 74.1 Å². The van der Waals surface area contributed by atoms with Crippen molar-refractivity contribution < 1.29 is 18.3 Å². The first-order valence-corrected chi connectivity index (χ1v) is 15.3. The summed E-state index contributed by atoms with van der Waals surface area (Å²) in [7, 11) is 0. The molecule has 4 rings (SSSR count). The molecule has 0 bridgehead atoms. The summed E-state index contributed by atoms with van der Waals surface area (Å²) in [5, 5.41) is 2.86. The number of amides is 1. The normalized spacial score (nSPS) is 12.7. The van der Waals surface area contributed by atoms with Gasteiger partial charge >= 0.3 is 6.09 Å². The summed E-state index contributed by atoms with van der Waals surface area (Å²) in [4.78, 5) is 19.7. The first kappa shape index (κ1) is 33.6. The minimum Gasteiger partial charge on any atom is -0.444 e. The summed E-state index contributed by atoms with van der Waals surface area (Å²) in [6.07, 6.45) is 2.00. The summed E-state index contributed by atoms with van der Waals surface area (Å²) in [5.41, 5.74) is 8.35. The van der Waals surface area contributed by atoms with Crippen LogP contribution < -0.4 is 11.1 Å². The average Bonchev–Trinajstić information content (AvgIpc) is 3.34. The second kappa shape index (κ2) is 14.2. The van der Waals surface area contributed by atoms with E-state index in [4.69, 9.17) is 15.5 Å². The van der Waals surface area contributed by atoms with Crippen molar-refractivity contribution in [1.29, 1.82) is 0 Å². The minimum atomic E-state index is -0.586. The molecule has 240 valence electrons. The van der Waals surface area contributed by atoms with Crippen molar-refractivity contribution in [2.75, 3.05) is 18.8 Å². The molecule has 1 heterocycles. The zero-order valence-electron chi connectivity index (χ0n) is 27.1. The lowest BCUT2D eigenvalue weighted by atomic mass is 9.84. The third kappa shape index (κ3) is 9.62. The van der Waals surface area contributed by atoms with Gasteiger partial charge in [0.15, 0.2) is 0 Å². The molecular weight excluding hydrogens is 572 g/mol. The second-order valence-corrected chi connectivity index (χ2v) is 13.5. The van der Waals surface area contributed by atoms with Gasteiger partial charge in [-0.3, -0.25) is 4.90 Å². The van der Waals surface area contributed by atoms with Gasteiger partial charge in [-0.1, -0.05) is 63.2 Å². The minimum absolute atomic E-state index is 0.113. The summed E-state index contributed by atoms with van der Waals surface area (Å²) < 4.78 is 36.8.